The molecule has 0 saturated heterocycles. The van der Waals surface area contributed by atoms with Gasteiger partial charge in [-0.3, -0.25) is 4.90 Å². The fraction of sp³-hybridized carbons (Fsp3) is 0.294. The zero-order valence-corrected chi connectivity index (χ0v) is 11.3. The molecule has 2 aromatic rings. The third-order valence-electron chi connectivity index (χ3n) is 3.93. The van der Waals surface area contributed by atoms with Crippen molar-refractivity contribution >= 4 is 0 Å². The van der Waals surface area contributed by atoms with Crippen LogP contribution in [0.1, 0.15) is 16.7 Å². The maximum absolute atomic E-state index is 5.81. The third kappa shape index (κ3) is 2.04. The molecule has 0 unspecified atom stereocenters. The fourth-order valence-corrected chi connectivity index (χ4v) is 3.01. The second-order valence-electron chi connectivity index (χ2n) is 5.36. The van der Waals surface area contributed by atoms with Crippen LogP contribution >= 0.6 is 0 Å². The van der Waals surface area contributed by atoms with Crippen LogP contribution in [0.3, 0.4) is 0 Å². The second kappa shape index (κ2) is 4.84. The highest BCUT2D eigenvalue weighted by Crippen LogP contribution is 2.40. The predicted octanol–water partition coefficient (Wildman–Crippen LogP) is 2.97. The molecule has 20 heavy (non-hydrogen) atoms. The van der Waals surface area contributed by atoms with Gasteiger partial charge in [-0.2, -0.15) is 0 Å². The minimum atomic E-state index is 0.652. The van der Waals surface area contributed by atoms with Gasteiger partial charge in [0.1, 0.15) is 13.2 Å². The molecular formula is C17H17NO2. The molecule has 102 valence electrons. The number of fused-ring (bicyclic) bond motifs is 3. The maximum atomic E-state index is 5.81. The van der Waals surface area contributed by atoms with Crippen molar-refractivity contribution in [2.75, 3.05) is 13.2 Å². The van der Waals surface area contributed by atoms with Crippen molar-refractivity contribution < 1.29 is 9.47 Å². The first-order chi connectivity index (χ1) is 9.90. The monoisotopic (exact) mass is 267 g/mol. The van der Waals surface area contributed by atoms with E-state index in [0.29, 0.717) is 13.2 Å². The minimum Gasteiger partial charge on any atom is -0.486 e. The molecule has 0 spiro atoms. The summed E-state index contributed by atoms with van der Waals surface area (Å²) >= 11 is 0. The highest BCUT2D eigenvalue weighted by molar-refractivity contribution is 5.53. The van der Waals surface area contributed by atoms with Crippen LogP contribution in [-0.2, 0) is 19.6 Å². The Labute approximate surface area is 118 Å². The Morgan fingerprint density at radius 2 is 1.75 bits per heavy atom. The molecule has 2 heterocycles. The number of ether oxygens (including phenoxy) is 2. The van der Waals surface area contributed by atoms with Crippen LogP contribution in [0.4, 0.5) is 0 Å². The molecule has 2 aliphatic rings. The summed E-state index contributed by atoms with van der Waals surface area (Å²) in [6, 6.07) is 14.8. The van der Waals surface area contributed by atoms with E-state index < -0.39 is 0 Å². The van der Waals surface area contributed by atoms with Crippen molar-refractivity contribution in [2.45, 2.75) is 19.6 Å². The number of hydrogen-bond donors (Lipinski definition) is 0. The summed E-state index contributed by atoms with van der Waals surface area (Å²) in [5, 5.41) is 0. The Morgan fingerprint density at radius 3 is 2.65 bits per heavy atom. The van der Waals surface area contributed by atoms with Gasteiger partial charge in [0.25, 0.3) is 0 Å². The molecule has 0 bridgehead atoms. The van der Waals surface area contributed by atoms with Gasteiger partial charge in [0.15, 0.2) is 11.5 Å². The average Bonchev–Trinajstić information content (AvgIpc) is 2.91. The van der Waals surface area contributed by atoms with Crippen LogP contribution in [-0.4, -0.2) is 18.1 Å². The van der Waals surface area contributed by atoms with Gasteiger partial charge < -0.3 is 9.47 Å². The van der Waals surface area contributed by atoms with Crippen LogP contribution in [0, 0.1) is 0 Å². The van der Waals surface area contributed by atoms with Crippen molar-refractivity contribution in [1.29, 1.82) is 0 Å². The molecule has 2 aliphatic heterocycles. The molecule has 0 fully saturated rings. The predicted molar refractivity (Wildman–Crippen MR) is 76.8 cm³/mol. The Kier molecular flexibility index (Phi) is 2.85. The van der Waals surface area contributed by atoms with Gasteiger partial charge in [-0.05, 0) is 17.2 Å². The molecule has 0 amide bonds. The van der Waals surface area contributed by atoms with Gasteiger partial charge in [0.05, 0.1) is 0 Å². The van der Waals surface area contributed by atoms with E-state index in [0.717, 1.165) is 31.1 Å². The molecule has 0 aliphatic carbocycles. The van der Waals surface area contributed by atoms with Gasteiger partial charge in [0.2, 0.25) is 0 Å². The number of nitrogens with zero attached hydrogens (tertiary/aromatic N) is 1. The van der Waals surface area contributed by atoms with Crippen molar-refractivity contribution in [1.82, 2.24) is 4.90 Å². The summed E-state index contributed by atoms with van der Waals surface area (Å²) in [4.78, 5) is 2.44. The van der Waals surface area contributed by atoms with Crippen LogP contribution in [0.2, 0.25) is 0 Å². The summed E-state index contributed by atoms with van der Waals surface area (Å²) in [5.74, 6) is 1.86. The Hall–Kier alpha value is -2.00. The second-order valence-corrected chi connectivity index (χ2v) is 5.36. The summed E-state index contributed by atoms with van der Waals surface area (Å²) in [6.07, 6.45) is 0. The Balaban J connectivity index is 1.58. The molecule has 4 rings (SSSR count). The van der Waals surface area contributed by atoms with E-state index in [9.17, 15) is 0 Å². The van der Waals surface area contributed by atoms with Crippen molar-refractivity contribution in [3.8, 4) is 11.5 Å². The van der Waals surface area contributed by atoms with Gasteiger partial charge in [0, 0.05) is 25.2 Å². The number of rotatable bonds is 2. The van der Waals surface area contributed by atoms with Crippen LogP contribution in [0.25, 0.3) is 0 Å². The Bertz CT molecular complexity index is 624. The third-order valence-corrected chi connectivity index (χ3v) is 3.93. The lowest BCUT2D eigenvalue weighted by Gasteiger charge is -2.20. The van der Waals surface area contributed by atoms with E-state index >= 15 is 0 Å². The van der Waals surface area contributed by atoms with Crippen molar-refractivity contribution in [2.24, 2.45) is 0 Å². The molecule has 0 atom stereocenters. The van der Waals surface area contributed by atoms with Crippen LogP contribution in [0.5, 0.6) is 11.5 Å². The van der Waals surface area contributed by atoms with Gasteiger partial charge in [-0.25, -0.2) is 0 Å². The zero-order valence-electron chi connectivity index (χ0n) is 11.3. The summed E-state index contributed by atoms with van der Waals surface area (Å²) in [5.41, 5.74) is 4.02. The highest BCUT2D eigenvalue weighted by Gasteiger charge is 2.26. The lowest BCUT2D eigenvalue weighted by atomic mass is 10.1. The normalized spacial score (nSPS) is 17.0. The highest BCUT2D eigenvalue weighted by atomic mass is 16.6. The van der Waals surface area contributed by atoms with E-state index in [4.69, 9.17) is 9.47 Å². The summed E-state index contributed by atoms with van der Waals surface area (Å²) in [6.45, 7) is 4.21. The molecule has 3 nitrogen and oxygen atoms in total. The lowest BCUT2D eigenvalue weighted by molar-refractivity contribution is 0.168. The number of hydrogen-bond acceptors (Lipinski definition) is 3. The molecule has 3 heteroatoms. The SMILES string of the molecule is c1ccc(CN2Cc3ccc4c(c3C2)OCCO4)cc1. The van der Waals surface area contributed by atoms with E-state index in [1.807, 2.05) is 6.07 Å². The maximum Gasteiger partial charge on any atom is 0.166 e. The molecule has 0 aromatic heterocycles. The smallest absolute Gasteiger partial charge is 0.166 e. The first-order valence-electron chi connectivity index (χ1n) is 7.07. The lowest BCUT2D eigenvalue weighted by Crippen LogP contribution is -2.17. The molecule has 2 aromatic carbocycles. The van der Waals surface area contributed by atoms with E-state index in [1.165, 1.54) is 16.7 Å². The molecule has 0 N–H and O–H groups in total. The zero-order chi connectivity index (χ0) is 13.4. The topological polar surface area (TPSA) is 21.7 Å². The standard InChI is InChI=1S/C17H17NO2/c1-2-4-13(5-3-1)10-18-11-14-6-7-16-17(15(14)12-18)20-9-8-19-16/h1-7H,8-12H2. The van der Waals surface area contributed by atoms with Crippen LogP contribution < -0.4 is 9.47 Å². The van der Waals surface area contributed by atoms with Crippen molar-refractivity contribution in [3.05, 3.63) is 59.2 Å². The van der Waals surface area contributed by atoms with E-state index in [2.05, 4.69) is 41.3 Å². The van der Waals surface area contributed by atoms with Crippen molar-refractivity contribution in [3.63, 3.8) is 0 Å². The summed E-state index contributed by atoms with van der Waals surface area (Å²) in [7, 11) is 0. The van der Waals surface area contributed by atoms with E-state index in [-0.39, 0.29) is 0 Å². The van der Waals surface area contributed by atoms with Gasteiger partial charge >= 0.3 is 0 Å². The summed E-state index contributed by atoms with van der Waals surface area (Å²) < 4.78 is 11.5. The minimum absolute atomic E-state index is 0.652. The quantitative estimate of drug-likeness (QED) is 0.835. The Morgan fingerprint density at radius 1 is 0.900 bits per heavy atom. The van der Waals surface area contributed by atoms with Gasteiger partial charge in [-0.15, -0.1) is 0 Å². The first kappa shape index (κ1) is 11.8. The molecular weight excluding hydrogens is 250 g/mol. The van der Waals surface area contributed by atoms with Crippen LogP contribution in [0.15, 0.2) is 42.5 Å². The first-order valence-corrected chi connectivity index (χ1v) is 7.07. The van der Waals surface area contributed by atoms with E-state index in [1.54, 1.807) is 0 Å². The number of benzene rings is 2. The fourth-order valence-electron chi connectivity index (χ4n) is 3.01. The molecule has 0 saturated carbocycles. The largest absolute Gasteiger partial charge is 0.486 e. The average molecular weight is 267 g/mol. The molecule has 0 radical (unpaired) electrons. The van der Waals surface area contributed by atoms with Gasteiger partial charge in [-0.1, -0.05) is 36.4 Å².